The van der Waals surface area contributed by atoms with E-state index in [0.29, 0.717) is 0 Å². The molecule has 0 aromatic heterocycles. The fourth-order valence-electron chi connectivity index (χ4n) is 3.21. The van der Waals surface area contributed by atoms with Crippen LogP contribution in [0.15, 0.2) is 24.3 Å². The first-order valence-corrected chi connectivity index (χ1v) is 8.47. The molecule has 1 nitrogen and oxygen atoms in total. The molecule has 98 valence electrons. The lowest BCUT2D eigenvalue weighted by molar-refractivity contribution is 0.461. The van der Waals surface area contributed by atoms with Crippen LogP contribution in [0.4, 0.5) is 0 Å². The average molecular weight is 261 g/mol. The molecule has 2 fully saturated rings. The third-order valence-corrected chi connectivity index (χ3v) is 5.45. The summed E-state index contributed by atoms with van der Waals surface area (Å²) < 4.78 is 0. The first-order chi connectivity index (χ1) is 8.93. The minimum atomic E-state index is 0.745. The molecule has 2 heteroatoms. The summed E-state index contributed by atoms with van der Waals surface area (Å²) in [6, 6.07) is 9.55. The van der Waals surface area contributed by atoms with E-state index in [1.165, 1.54) is 55.8 Å². The number of benzene rings is 1. The van der Waals surface area contributed by atoms with Crippen LogP contribution in [0.5, 0.6) is 0 Å². The SMILES string of the molecule is c1cc(C2CCCNC2)ccc1C1CCSCC1. The maximum atomic E-state index is 3.51. The first-order valence-electron chi connectivity index (χ1n) is 7.32. The zero-order valence-electron chi connectivity index (χ0n) is 11.0. The van der Waals surface area contributed by atoms with Crippen molar-refractivity contribution in [1.82, 2.24) is 5.32 Å². The van der Waals surface area contributed by atoms with Gasteiger partial charge in [-0.2, -0.15) is 11.8 Å². The van der Waals surface area contributed by atoms with E-state index in [2.05, 4.69) is 41.3 Å². The predicted octanol–water partition coefficient (Wildman–Crippen LogP) is 3.76. The number of nitrogens with one attached hydrogen (secondary N) is 1. The van der Waals surface area contributed by atoms with Crippen LogP contribution in [-0.4, -0.2) is 24.6 Å². The summed E-state index contributed by atoms with van der Waals surface area (Å²) in [6.07, 6.45) is 5.42. The Labute approximate surface area is 115 Å². The van der Waals surface area contributed by atoms with Gasteiger partial charge in [0.25, 0.3) is 0 Å². The molecule has 2 heterocycles. The second kappa shape index (κ2) is 6.12. The van der Waals surface area contributed by atoms with E-state index in [9.17, 15) is 0 Å². The number of hydrogen-bond donors (Lipinski definition) is 1. The molecule has 1 unspecified atom stereocenters. The van der Waals surface area contributed by atoms with Crippen molar-refractivity contribution in [2.24, 2.45) is 0 Å². The van der Waals surface area contributed by atoms with Gasteiger partial charge in [0.05, 0.1) is 0 Å². The Morgan fingerprint density at radius 1 is 0.889 bits per heavy atom. The van der Waals surface area contributed by atoms with Crippen LogP contribution in [-0.2, 0) is 0 Å². The molecule has 18 heavy (non-hydrogen) atoms. The normalized spacial score (nSPS) is 26.1. The molecule has 0 radical (unpaired) electrons. The number of piperidine rings is 1. The number of rotatable bonds is 2. The Bertz CT molecular complexity index is 324. The average Bonchev–Trinajstić information content (AvgIpc) is 2.49. The van der Waals surface area contributed by atoms with Crippen LogP contribution >= 0.6 is 11.8 Å². The van der Waals surface area contributed by atoms with Crippen molar-refractivity contribution < 1.29 is 0 Å². The highest BCUT2D eigenvalue weighted by molar-refractivity contribution is 7.99. The molecule has 1 atom stereocenters. The van der Waals surface area contributed by atoms with Gasteiger partial charge in [0.2, 0.25) is 0 Å². The lowest BCUT2D eigenvalue weighted by Crippen LogP contribution is -2.28. The van der Waals surface area contributed by atoms with Crippen molar-refractivity contribution in [2.75, 3.05) is 24.6 Å². The van der Waals surface area contributed by atoms with Gasteiger partial charge in [-0.05, 0) is 66.7 Å². The zero-order chi connectivity index (χ0) is 12.2. The van der Waals surface area contributed by atoms with Crippen molar-refractivity contribution in [1.29, 1.82) is 0 Å². The quantitative estimate of drug-likeness (QED) is 0.870. The number of thioether (sulfide) groups is 1. The highest BCUT2D eigenvalue weighted by Crippen LogP contribution is 2.32. The van der Waals surface area contributed by atoms with Crippen LogP contribution in [0.1, 0.15) is 48.6 Å². The van der Waals surface area contributed by atoms with E-state index in [1.807, 2.05) is 0 Å². The third-order valence-electron chi connectivity index (χ3n) is 4.40. The van der Waals surface area contributed by atoms with Gasteiger partial charge in [-0.15, -0.1) is 0 Å². The fraction of sp³-hybridized carbons (Fsp3) is 0.625. The molecule has 1 aromatic carbocycles. The van der Waals surface area contributed by atoms with Gasteiger partial charge in [-0.1, -0.05) is 24.3 Å². The van der Waals surface area contributed by atoms with Gasteiger partial charge >= 0.3 is 0 Å². The lowest BCUT2D eigenvalue weighted by atomic mass is 9.88. The van der Waals surface area contributed by atoms with Crippen LogP contribution < -0.4 is 5.32 Å². The Balaban J connectivity index is 1.67. The maximum absolute atomic E-state index is 3.51. The van der Waals surface area contributed by atoms with Crippen LogP contribution in [0.25, 0.3) is 0 Å². The molecule has 2 aliphatic rings. The topological polar surface area (TPSA) is 12.0 Å². The molecular weight excluding hydrogens is 238 g/mol. The molecular formula is C16H23NS. The van der Waals surface area contributed by atoms with Crippen LogP contribution in [0.2, 0.25) is 0 Å². The fourth-order valence-corrected chi connectivity index (χ4v) is 4.31. The molecule has 3 rings (SSSR count). The Morgan fingerprint density at radius 2 is 1.56 bits per heavy atom. The minimum absolute atomic E-state index is 0.745. The highest BCUT2D eigenvalue weighted by Gasteiger charge is 2.18. The third kappa shape index (κ3) is 2.92. The summed E-state index contributed by atoms with van der Waals surface area (Å²) >= 11 is 2.11. The van der Waals surface area contributed by atoms with E-state index in [-0.39, 0.29) is 0 Å². The molecule has 2 saturated heterocycles. The van der Waals surface area contributed by atoms with Crippen molar-refractivity contribution in [3.63, 3.8) is 0 Å². The van der Waals surface area contributed by atoms with Gasteiger partial charge in [0.1, 0.15) is 0 Å². The van der Waals surface area contributed by atoms with Crippen LogP contribution in [0.3, 0.4) is 0 Å². The minimum Gasteiger partial charge on any atom is -0.316 e. The van der Waals surface area contributed by atoms with E-state index in [1.54, 1.807) is 5.56 Å². The van der Waals surface area contributed by atoms with Crippen molar-refractivity contribution >= 4 is 11.8 Å². The Kier molecular flexibility index (Phi) is 4.27. The standard InChI is InChI=1S/C16H23NS/c1-2-16(12-17-9-1)14-5-3-13(4-6-14)15-7-10-18-11-8-15/h3-6,15-17H,1-2,7-12H2. The molecule has 0 bridgehead atoms. The van der Waals surface area contributed by atoms with Gasteiger partial charge in [-0.3, -0.25) is 0 Å². The van der Waals surface area contributed by atoms with Crippen LogP contribution in [0, 0.1) is 0 Å². The smallest absolute Gasteiger partial charge is 0.00201 e. The largest absolute Gasteiger partial charge is 0.316 e. The van der Waals surface area contributed by atoms with Gasteiger partial charge in [0.15, 0.2) is 0 Å². The molecule has 0 aliphatic carbocycles. The van der Waals surface area contributed by atoms with Crippen molar-refractivity contribution in [3.8, 4) is 0 Å². The monoisotopic (exact) mass is 261 g/mol. The lowest BCUT2D eigenvalue weighted by Gasteiger charge is -2.25. The zero-order valence-corrected chi connectivity index (χ0v) is 11.8. The van der Waals surface area contributed by atoms with Gasteiger partial charge < -0.3 is 5.32 Å². The van der Waals surface area contributed by atoms with E-state index < -0.39 is 0 Å². The second-order valence-electron chi connectivity index (χ2n) is 5.60. The van der Waals surface area contributed by atoms with E-state index in [0.717, 1.165) is 11.8 Å². The van der Waals surface area contributed by atoms with Gasteiger partial charge in [-0.25, -0.2) is 0 Å². The molecule has 1 aromatic rings. The van der Waals surface area contributed by atoms with Crippen molar-refractivity contribution in [2.45, 2.75) is 37.5 Å². The molecule has 0 spiro atoms. The predicted molar refractivity (Wildman–Crippen MR) is 80.6 cm³/mol. The van der Waals surface area contributed by atoms with E-state index in [4.69, 9.17) is 0 Å². The molecule has 1 N–H and O–H groups in total. The summed E-state index contributed by atoms with van der Waals surface area (Å²) in [4.78, 5) is 0. The van der Waals surface area contributed by atoms with E-state index >= 15 is 0 Å². The Hall–Kier alpha value is -0.470. The summed E-state index contributed by atoms with van der Waals surface area (Å²) in [5, 5.41) is 3.51. The first kappa shape index (κ1) is 12.6. The highest BCUT2D eigenvalue weighted by atomic mass is 32.2. The second-order valence-corrected chi connectivity index (χ2v) is 6.82. The molecule has 2 aliphatic heterocycles. The van der Waals surface area contributed by atoms with Gasteiger partial charge in [0, 0.05) is 6.54 Å². The summed E-state index contributed by atoms with van der Waals surface area (Å²) in [5.41, 5.74) is 3.11. The molecule has 0 amide bonds. The summed E-state index contributed by atoms with van der Waals surface area (Å²) in [6.45, 7) is 2.37. The Morgan fingerprint density at radius 3 is 2.17 bits per heavy atom. The van der Waals surface area contributed by atoms with Crippen molar-refractivity contribution in [3.05, 3.63) is 35.4 Å². The summed E-state index contributed by atoms with van der Waals surface area (Å²) in [7, 11) is 0. The molecule has 0 saturated carbocycles. The summed E-state index contributed by atoms with van der Waals surface area (Å²) in [5.74, 6) is 4.26. The number of hydrogen-bond acceptors (Lipinski definition) is 2. The maximum Gasteiger partial charge on any atom is 0.00201 e.